The smallest absolute Gasteiger partial charge is 0.337 e. The van der Waals surface area contributed by atoms with E-state index in [0.717, 1.165) is 6.20 Å². The molecule has 0 aliphatic rings. The number of carbonyl (C=O) groups excluding carboxylic acids is 1. The van der Waals surface area contributed by atoms with Crippen LogP contribution in [-0.2, 0) is 0 Å². The van der Waals surface area contributed by atoms with E-state index in [2.05, 4.69) is 15.6 Å². The van der Waals surface area contributed by atoms with Crippen LogP contribution in [0, 0.1) is 0 Å². The zero-order valence-electron chi connectivity index (χ0n) is 10.4. The molecule has 108 valence electrons. The second-order valence-corrected chi connectivity index (χ2v) is 4.76. The first-order valence-electron chi connectivity index (χ1n) is 5.68. The van der Waals surface area contributed by atoms with Crippen molar-refractivity contribution in [2.75, 3.05) is 10.6 Å². The molecule has 8 heteroatoms. The standard InChI is InChI=1S/C13H9Cl2N3O3/c14-9-3-2-8(5-10(9)15)17-13(21)18-11-4-1-7(6-16-11)12(19)20/h1-6H,(H,19,20)(H2,16,17,18,21). The summed E-state index contributed by atoms with van der Waals surface area (Å²) < 4.78 is 0. The number of carboxylic acid groups (broad SMARTS) is 1. The first-order valence-corrected chi connectivity index (χ1v) is 6.43. The Bertz CT molecular complexity index is 690. The Balaban J connectivity index is 2.01. The molecule has 3 N–H and O–H groups in total. The van der Waals surface area contributed by atoms with E-state index in [4.69, 9.17) is 28.3 Å². The maximum Gasteiger partial charge on any atom is 0.337 e. The van der Waals surface area contributed by atoms with Crippen LogP contribution in [0.3, 0.4) is 0 Å². The van der Waals surface area contributed by atoms with Gasteiger partial charge >= 0.3 is 12.0 Å². The highest BCUT2D eigenvalue weighted by Crippen LogP contribution is 2.25. The van der Waals surface area contributed by atoms with E-state index in [1.54, 1.807) is 12.1 Å². The molecule has 1 heterocycles. The van der Waals surface area contributed by atoms with E-state index in [1.807, 2.05) is 0 Å². The lowest BCUT2D eigenvalue weighted by Gasteiger charge is -2.08. The van der Waals surface area contributed by atoms with Crippen LogP contribution in [0.4, 0.5) is 16.3 Å². The molecule has 2 aromatic rings. The summed E-state index contributed by atoms with van der Waals surface area (Å²) in [6.07, 6.45) is 1.15. The lowest BCUT2D eigenvalue weighted by molar-refractivity contribution is 0.0696. The molecule has 0 aliphatic heterocycles. The molecule has 0 saturated heterocycles. The van der Waals surface area contributed by atoms with Gasteiger partial charge in [0.25, 0.3) is 0 Å². The SMILES string of the molecule is O=C(Nc1ccc(Cl)c(Cl)c1)Nc1ccc(C(=O)O)cn1. The van der Waals surface area contributed by atoms with Crippen molar-refractivity contribution in [3.63, 3.8) is 0 Å². The summed E-state index contributed by atoms with van der Waals surface area (Å²) in [5.74, 6) is -0.869. The van der Waals surface area contributed by atoms with Crippen LogP contribution in [0.1, 0.15) is 10.4 Å². The van der Waals surface area contributed by atoms with Crippen LogP contribution < -0.4 is 10.6 Å². The van der Waals surface area contributed by atoms with Crippen LogP contribution in [0.15, 0.2) is 36.5 Å². The fourth-order valence-corrected chi connectivity index (χ4v) is 1.74. The molecule has 1 aromatic heterocycles. The molecule has 21 heavy (non-hydrogen) atoms. The molecular formula is C13H9Cl2N3O3. The molecule has 0 unspecified atom stereocenters. The summed E-state index contributed by atoms with van der Waals surface area (Å²) in [7, 11) is 0. The number of benzene rings is 1. The van der Waals surface area contributed by atoms with Crippen molar-refractivity contribution in [2.45, 2.75) is 0 Å². The van der Waals surface area contributed by atoms with Crippen molar-refractivity contribution in [3.05, 3.63) is 52.1 Å². The predicted molar refractivity (Wildman–Crippen MR) is 80.3 cm³/mol. The number of amides is 2. The highest BCUT2D eigenvalue weighted by molar-refractivity contribution is 6.42. The van der Waals surface area contributed by atoms with Gasteiger partial charge in [-0.25, -0.2) is 14.6 Å². The normalized spacial score (nSPS) is 10.0. The number of hydrogen-bond acceptors (Lipinski definition) is 3. The monoisotopic (exact) mass is 325 g/mol. The fourth-order valence-electron chi connectivity index (χ4n) is 1.45. The number of aromatic carboxylic acids is 1. The second-order valence-electron chi connectivity index (χ2n) is 3.95. The van der Waals surface area contributed by atoms with Crippen molar-refractivity contribution in [1.29, 1.82) is 0 Å². The van der Waals surface area contributed by atoms with Crippen molar-refractivity contribution in [2.24, 2.45) is 0 Å². The summed E-state index contributed by atoms with van der Waals surface area (Å²) in [5.41, 5.74) is 0.495. The van der Waals surface area contributed by atoms with Gasteiger partial charge in [0.05, 0.1) is 15.6 Å². The predicted octanol–water partition coefficient (Wildman–Crippen LogP) is 3.73. The van der Waals surface area contributed by atoms with Crippen LogP contribution in [0.25, 0.3) is 0 Å². The molecule has 0 fully saturated rings. The van der Waals surface area contributed by atoms with E-state index in [1.165, 1.54) is 18.2 Å². The molecule has 2 amide bonds. The Morgan fingerprint density at radius 3 is 2.38 bits per heavy atom. The molecule has 1 aromatic carbocycles. The van der Waals surface area contributed by atoms with E-state index in [0.29, 0.717) is 15.7 Å². The van der Waals surface area contributed by atoms with Gasteiger partial charge < -0.3 is 10.4 Å². The van der Waals surface area contributed by atoms with E-state index >= 15 is 0 Å². The third kappa shape index (κ3) is 4.08. The zero-order chi connectivity index (χ0) is 15.4. The number of nitrogens with zero attached hydrogens (tertiary/aromatic N) is 1. The molecule has 0 aliphatic carbocycles. The number of anilines is 2. The number of nitrogens with one attached hydrogen (secondary N) is 2. The third-order valence-corrected chi connectivity index (χ3v) is 3.17. The summed E-state index contributed by atoms with van der Waals surface area (Å²) in [5, 5.41) is 14.4. The Morgan fingerprint density at radius 1 is 1.05 bits per heavy atom. The maximum absolute atomic E-state index is 11.7. The maximum atomic E-state index is 11.7. The quantitative estimate of drug-likeness (QED) is 0.801. The summed E-state index contributed by atoms with van der Waals surface area (Å²) in [6.45, 7) is 0. The van der Waals surface area contributed by atoms with E-state index < -0.39 is 12.0 Å². The summed E-state index contributed by atoms with van der Waals surface area (Å²) in [4.78, 5) is 26.2. The van der Waals surface area contributed by atoms with Crippen LogP contribution in [0.5, 0.6) is 0 Å². The Labute approximate surface area is 129 Å². The molecule has 0 saturated carbocycles. The number of carboxylic acids is 1. The van der Waals surface area contributed by atoms with Gasteiger partial charge in [-0.05, 0) is 30.3 Å². The van der Waals surface area contributed by atoms with Crippen molar-refractivity contribution in [1.82, 2.24) is 4.98 Å². The lowest BCUT2D eigenvalue weighted by atomic mass is 10.3. The van der Waals surface area contributed by atoms with Gasteiger partial charge in [0.15, 0.2) is 0 Å². The van der Waals surface area contributed by atoms with Gasteiger partial charge in [-0.15, -0.1) is 0 Å². The molecule has 0 spiro atoms. The zero-order valence-corrected chi connectivity index (χ0v) is 11.9. The Morgan fingerprint density at radius 2 is 1.81 bits per heavy atom. The fraction of sp³-hybridized carbons (Fsp3) is 0. The van der Waals surface area contributed by atoms with E-state index in [-0.39, 0.29) is 11.4 Å². The average molecular weight is 326 g/mol. The minimum absolute atomic E-state index is 0.0328. The number of hydrogen-bond donors (Lipinski definition) is 3. The van der Waals surface area contributed by atoms with Gasteiger partial charge in [0.1, 0.15) is 5.82 Å². The lowest BCUT2D eigenvalue weighted by Crippen LogP contribution is -2.20. The highest BCUT2D eigenvalue weighted by Gasteiger charge is 2.07. The third-order valence-electron chi connectivity index (χ3n) is 2.43. The molecule has 6 nitrogen and oxygen atoms in total. The minimum Gasteiger partial charge on any atom is -0.478 e. The van der Waals surface area contributed by atoms with Crippen LogP contribution >= 0.6 is 23.2 Å². The van der Waals surface area contributed by atoms with E-state index in [9.17, 15) is 9.59 Å². The number of halogens is 2. The molecule has 2 rings (SSSR count). The van der Waals surface area contributed by atoms with Crippen molar-refractivity contribution in [3.8, 4) is 0 Å². The van der Waals surface area contributed by atoms with Gasteiger partial charge in [0, 0.05) is 11.9 Å². The number of pyridine rings is 1. The van der Waals surface area contributed by atoms with Crippen LogP contribution in [0.2, 0.25) is 10.0 Å². The number of aromatic nitrogens is 1. The minimum atomic E-state index is -1.09. The van der Waals surface area contributed by atoms with Gasteiger partial charge in [-0.2, -0.15) is 0 Å². The largest absolute Gasteiger partial charge is 0.478 e. The first-order chi connectivity index (χ1) is 9.95. The second kappa shape index (κ2) is 6.43. The van der Waals surface area contributed by atoms with Gasteiger partial charge in [0.2, 0.25) is 0 Å². The highest BCUT2D eigenvalue weighted by atomic mass is 35.5. The number of urea groups is 1. The Kier molecular flexibility index (Phi) is 4.62. The summed E-state index contributed by atoms with van der Waals surface area (Å²) >= 11 is 11.6. The van der Waals surface area contributed by atoms with Crippen molar-refractivity contribution >= 4 is 46.7 Å². The molecule has 0 atom stereocenters. The van der Waals surface area contributed by atoms with Gasteiger partial charge in [-0.3, -0.25) is 5.32 Å². The molecule has 0 bridgehead atoms. The Hall–Kier alpha value is -2.31. The first kappa shape index (κ1) is 15.1. The van der Waals surface area contributed by atoms with Gasteiger partial charge in [-0.1, -0.05) is 23.2 Å². The van der Waals surface area contributed by atoms with Crippen LogP contribution in [-0.4, -0.2) is 22.1 Å². The topological polar surface area (TPSA) is 91.3 Å². The molecular weight excluding hydrogens is 317 g/mol. The number of carbonyl (C=O) groups is 2. The number of rotatable bonds is 3. The van der Waals surface area contributed by atoms with Crippen molar-refractivity contribution < 1.29 is 14.7 Å². The average Bonchev–Trinajstić information content (AvgIpc) is 2.43. The summed E-state index contributed by atoms with van der Waals surface area (Å²) in [6, 6.07) is 6.84. The molecule has 0 radical (unpaired) electrons.